The Morgan fingerprint density at radius 1 is 0.628 bits per heavy atom. The van der Waals surface area contributed by atoms with Crippen molar-refractivity contribution in [2.45, 2.75) is 50.2 Å². The second kappa shape index (κ2) is 14.9. The molecule has 0 radical (unpaired) electrons. The van der Waals surface area contributed by atoms with Crippen molar-refractivity contribution in [1.29, 1.82) is 0 Å². The topological polar surface area (TPSA) is 34.2 Å². The van der Waals surface area contributed by atoms with Crippen LogP contribution in [0.15, 0.2) is 48.5 Å². The van der Waals surface area contributed by atoms with Crippen molar-refractivity contribution in [3.8, 4) is 11.5 Å². The van der Waals surface area contributed by atoms with E-state index in [0.717, 1.165) is 0 Å². The Bertz CT molecular complexity index is 1030. The molecule has 0 aliphatic carbocycles. The van der Waals surface area contributed by atoms with Crippen LogP contribution in [0.4, 0.5) is 35.1 Å². The maximum Gasteiger partial charge on any atom is 0.415 e. The van der Waals surface area contributed by atoms with Crippen molar-refractivity contribution in [3.63, 3.8) is 0 Å². The van der Waals surface area contributed by atoms with Gasteiger partial charge >= 0.3 is 12.4 Å². The van der Waals surface area contributed by atoms with Crippen molar-refractivity contribution in [2.75, 3.05) is 52.5 Å². The van der Waals surface area contributed by atoms with Gasteiger partial charge in [0.25, 0.3) is 0 Å². The van der Waals surface area contributed by atoms with Gasteiger partial charge in [-0.1, -0.05) is 0 Å². The van der Waals surface area contributed by atoms with E-state index >= 15 is 0 Å². The van der Waals surface area contributed by atoms with Crippen LogP contribution in [0.3, 0.4) is 0 Å². The third-order valence-electron chi connectivity index (χ3n) is 7.71. The van der Waals surface area contributed by atoms with Crippen molar-refractivity contribution in [2.24, 2.45) is 11.8 Å². The molecule has 2 aromatic rings. The summed E-state index contributed by atoms with van der Waals surface area (Å²) < 4.78 is 127. The molecule has 0 spiro atoms. The molecule has 13 heteroatoms. The van der Waals surface area contributed by atoms with Crippen molar-refractivity contribution >= 4 is 0 Å². The summed E-state index contributed by atoms with van der Waals surface area (Å²) in [7, 11) is 0. The normalized spacial score (nSPS) is 22.2. The van der Waals surface area contributed by atoms with Crippen LogP contribution in [0.5, 0.6) is 11.5 Å². The SMILES string of the molecule is Fc1ccc(OCC2CCCN(C[C@H](O[C@@H](CN3CCCC(COc4ccc(F)cc4)C3)C(F)(F)F)C(F)(F)F)C2)cc1. The minimum absolute atomic E-state index is 0.145. The maximum absolute atomic E-state index is 14.0. The van der Waals surface area contributed by atoms with E-state index in [1.165, 1.54) is 58.3 Å². The van der Waals surface area contributed by atoms with Gasteiger partial charge in [0.05, 0.1) is 13.2 Å². The minimum atomic E-state index is -5.01. The summed E-state index contributed by atoms with van der Waals surface area (Å²) in [6.45, 7) is -0.0827. The third-order valence-corrected chi connectivity index (χ3v) is 7.71. The predicted octanol–water partition coefficient (Wildman–Crippen LogP) is 6.73. The number of hydrogen-bond acceptors (Lipinski definition) is 5. The molecule has 2 aromatic carbocycles. The zero-order chi connectivity index (χ0) is 31.0. The van der Waals surface area contributed by atoms with Gasteiger partial charge in [-0.3, -0.25) is 9.80 Å². The van der Waals surface area contributed by atoms with Crippen molar-refractivity contribution in [1.82, 2.24) is 9.80 Å². The fourth-order valence-electron chi connectivity index (χ4n) is 5.51. The number of nitrogens with zero attached hydrogens (tertiary/aromatic N) is 2. The molecule has 4 atom stereocenters. The highest BCUT2D eigenvalue weighted by Crippen LogP contribution is 2.33. The Hall–Kier alpha value is -2.64. The Kier molecular flexibility index (Phi) is 11.5. The van der Waals surface area contributed by atoms with E-state index in [1.54, 1.807) is 0 Å². The third kappa shape index (κ3) is 10.8. The predicted molar refractivity (Wildman–Crippen MR) is 143 cm³/mol. The monoisotopic (exact) mass is 624 g/mol. The zero-order valence-corrected chi connectivity index (χ0v) is 23.6. The summed E-state index contributed by atoms with van der Waals surface area (Å²) in [5.74, 6) is -0.304. The fraction of sp³-hybridized carbons (Fsp3) is 0.600. The lowest BCUT2D eigenvalue weighted by Gasteiger charge is -2.38. The van der Waals surface area contributed by atoms with E-state index in [-0.39, 0.29) is 38.1 Å². The van der Waals surface area contributed by atoms with Crippen LogP contribution in [0.1, 0.15) is 25.7 Å². The molecule has 2 aliphatic rings. The summed E-state index contributed by atoms with van der Waals surface area (Å²) in [5.41, 5.74) is 0. The Morgan fingerprint density at radius 3 is 1.35 bits per heavy atom. The highest BCUT2D eigenvalue weighted by Gasteiger charge is 2.50. The number of hydrogen-bond donors (Lipinski definition) is 0. The molecule has 5 nitrogen and oxygen atoms in total. The summed E-state index contributed by atoms with van der Waals surface area (Å²) in [6, 6.07) is 10.7. The molecule has 2 heterocycles. The summed E-state index contributed by atoms with van der Waals surface area (Å²) in [6.07, 6.45) is -12.8. The van der Waals surface area contributed by atoms with Crippen LogP contribution in [0.25, 0.3) is 0 Å². The van der Waals surface area contributed by atoms with Gasteiger partial charge in [-0.15, -0.1) is 0 Å². The summed E-state index contributed by atoms with van der Waals surface area (Å²) in [4.78, 5) is 2.94. The average Bonchev–Trinajstić information content (AvgIpc) is 2.95. The van der Waals surface area contributed by atoms with E-state index < -0.39 is 49.3 Å². The molecule has 2 saturated heterocycles. The molecule has 4 rings (SSSR count). The average molecular weight is 625 g/mol. The first-order chi connectivity index (χ1) is 20.3. The number of benzene rings is 2. The van der Waals surface area contributed by atoms with Gasteiger partial charge in [-0.05, 0) is 87.3 Å². The number of alkyl halides is 6. The summed E-state index contributed by atoms with van der Waals surface area (Å²) in [5, 5.41) is 0. The molecule has 2 aliphatic heterocycles. The molecular formula is C30H36F8N2O3. The smallest absolute Gasteiger partial charge is 0.415 e. The molecule has 2 fully saturated rings. The first kappa shape index (κ1) is 33.3. The Balaban J connectivity index is 1.32. The highest BCUT2D eigenvalue weighted by atomic mass is 19.4. The van der Waals surface area contributed by atoms with E-state index in [4.69, 9.17) is 14.2 Å². The standard InChI is InChI=1S/C30H36F8N2O3/c31-23-5-9-25(10-6-23)41-19-21-3-1-13-39(15-21)17-27(29(33,34)35)43-28(30(36,37)38)18-40-14-2-4-22(16-40)20-42-26-11-7-24(32)8-12-26/h5-12,21-22,27-28H,1-4,13-20H2/t21?,22?,27-,28-/m0/s1. The van der Waals surface area contributed by atoms with Gasteiger partial charge in [0.1, 0.15) is 23.1 Å². The first-order valence-electron chi connectivity index (χ1n) is 14.4. The molecular weight excluding hydrogens is 588 g/mol. The molecule has 0 amide bonds. The fourth-order valence-corrected chi connectivity index (χ4v) is 5.51. The van der Waals surface area contributed by atoms with Crippen LogP contribution in [-0.4, -0.2) is 86.8 Å². The molecule has 2 unspecified atom stereocenters. The van der Waals surface area contributed by atoms with Gasteiger partial charge in [0.15, 0.2) is 12.2 Å². The van der Waals surface area contributed by atoms with Gasteiger partial charge in [-0.2, -0.15) is 26.3 Å². The van der Waals surface area contributed by atoms with E-state index in [1.807, 2.05) is 0 Å². The summed E-state index contributed by atoms with van der Waals surface area (Å²) >= 11 is 0. The molecule has 0 saturated carbocycles. The van der Waals surface area contributed by atoms with Gasteiger partial charge in [0.2, 0.25) is 0 Å². The molecule has 0 bridgehead atoms. The van der Waals surface area contributed by atoms with Crippen LogP contribution in [-0.2, 0) is 4.74 Å². The van der Waals surface area contributed by atoms with E-state index in [9.17, 15) is 35.1 Å². The van der Waals surface area contributed by atoms with Gasteiger partial charge < -0.3 is 14.2 Å². The molecule has 43 heavy (non-hydrogen) atoms. The first-order valence-corrected chi connectivity index (χ1v) is 14.4. The molecule has 0 aromatic heterocycles. The lowest BCUT2D eigenvalue weighted by atomic mass is 9.98. The molecule has 240 valence electrons. The van der Waals surface area contributed by atoms with E-state index in [0.29, 0.717) is 50.3 Å². The maximum atomic E-state index is 14.0. The van der Waals surface area contributed by atoms with Crippen molar-refractivity contribution in [3.05, 3.63) is 60.2 Å². The number of likely N-dealkylation sites (tertiary alicyclic amines) is 2. The van der Waals surface area contributed by atoms with Gasteiger partial charge in [-0.25, -0.2) is 8.78 Å². The number of ether oxygens (including phenoxy) is 3. The number of rotatable bonds is 12. The number of piperidine rings is 2. The van der Waals surface area contributed by atoms with Crippen molar-refractivity contribution < 1.29 is 49.3 Å². The minimum Gasteiger partial charge on any atom is -0.493 e. The van der Waals surface area contributed by atoms with Crippen LogP contribution in [0.2, 0.25) is 0 Å². The second-order valence-corrected chi connectivity index (χ2v) is 11.3. The second-order valence-electron chi connectivity index (χ2n) is 11.3. The zero-order valence-electron chi connectivity index (χ0n) is 23.6. The Morgan fingerprint density at radius 2 is 1.00 bits per heavy atom. The molecule has 0 N–H and O–H groups in total. The largest absolute Gasteiger partial charge is 0.493 e. The van der Waals surface area contributed by atoms with Gasteiger partial charge in [0, 0.05) is 38.0 Å². The highest BCUT2D eigenvalue weighted by molar-refractivity contribution is 5.22. The van der Waals surface area contributed by atoms with E-state index in [2.05, 4.69) is 0 Å². The lowest BCUT2D eigenvalue weighted by Crippen LogP contribution is -2.53. The van der Waals surface area contributed by atoms with Crippen LogP contribution < -0.4 is 9.47 Å². The van der Waals surface area contributed by atoms with Crippen LogP contribution >= 0.6 is 0 Å². The Labute approximate surface area is 245 Å². The quantitative estimate of drug-likeness (QED) is 0.245. The van der Waals surface area contributed by atoms with Crippen LogP contribution in [0, 0.1) is 23.5 Å². The number of halogens is 8. The lowest BCUT2D eigenvalue weighted by molar-refractivity contribution is -0.291.